The lowest BCUT2D eigenvalue weighted by molar-refractivity contribution is -0.136. The number of hydrogen-bond acceptors (Lipinski definition) is 3. The van der Waals surface area contributed by atoms with E-state index in [0.717, 1.165) is 11.1 Å². The van der Waals surface area contributed by atoms with Crippen LogP contribution in [0.2, 0.25) is 0 Å². The Hall–Kier alpha value is -2.21. The minimum Gasteiger partial charge on any atom is -0.481 e. The van der Waals surface area contributed by atoms with E-state index in [-0.39, 0.29) is 22.3 Å². The molecule has 104 valence electrons. The first-order chi connectivity index (χ1) is 9.47. The van der Waals surface area contributed by atoms with Gasteiger partial charge in [-0.05, 0) is 24.7 Å². The summed E-state index contributed by atoms with van der Waals surface area (Å²) in [7, 11) is 0. The van der Waals surface area contributed by atoms with Crippen LogP contribution in [0.3, 0.4) is 0 Å². The molecule has 5 nitrogen and oxygen atoms in total. The molecule has 2 N–H and O–H groups in total. The van der Waals surface area contributed by atoms with Gasteiger partial charge in [-0.1, -0.05) is 29.8 Å². The Bertz CT molecular complexity index is 744. The SMILES string of the molecule is Cc1ccc(Cn2c(=S)[nH]cc(CC(=O)O)c2=O)cc1. The second-order valence-corrected chi connectivity index (χ2v) is 4.95. The number of H-pyrrole nitrogens is 1. The Morgan fingerprint density at radius 3 is 2.60 bits per heavy atom. The topological polar surface area (TPSA) is 75.1 Å². The summed E-state index contributed by atoms with van der Waals surface area (Å²) in [5.74, 6) is -1.05. The highest BCUT2D eigenvalue weighted by Gasteiger charge is 2.09. The third kappa shape index (κ3) is 3.21. The van der Waals surface area contributed by atoms with Gasteiger partial charge in [0.2, 0.25) is 0 Å². The zero-order valence-corrected chi connectivity index (χ0v) is 11.7. The van der Waals surface area contributed by atoms with Gasteiger partial charge < -0.3 is 10.1 Å². The van der Waals surface area contributed by atoms with E-state index in [0.29, 0.717) is 6.54 Å². The summed E-state index contributed by atoms with van der Waals surface area (Å²) in [4.78, 5) is 25.7. The molecule has 0 fully saturated rings. The molecule has 0 radical (unpaired) electrons. The summed E-state index contributed by atoms with van der Waals surface area (Å²) in [6.07, 6.45) is 1.04. The van der Waals surface area contributed by atoms with E-state index in [1.165, 1.54) is 10.8 Å². The van der Waals surface area contributed by atoms with Crippen LogP contribution >= 0.6 is 12.2 Å². The van der Waals surface area contributed by atoms with Crippen LogP contribution in [0.15, 0.2) is 35.3 Å². The number of aliphatic carboxylic acids is 1. The van der Waals surface area contributed by atoms with Crippen LogP contribution in [0.5, 0.6) is 0 Å². The van der Waals surface area contributed by atoms with Crippen molar-refractivity contribution < 1.29 is 9.90 Å². The maximum Gasteiger partial charge on any atom is 0.308 e. The predicted octanol–water partition coefficient (Wildman–Crippen LogP) is 1.89. The maximum absolute atomic E-state index is 12.2. The molecule has 0 saturated heterocycles. The summed E-state index contributed by atoms with van der Waals surface area (Å²) < 4.78 is 1.66. The van der Waals surface area contributed by atoms with E-state index in [9.17, 15) is 9.59 Å². The van der Waals surface area contributed by atoms with Crippen LogP contribution in [0, 0.1) is 11.7 Å². The van der Waals surface area contributed by atoms with Gasteiger partial charge in [0.25, 0.3) is 5.56 Å². The quantitative estimate of drug-likeness (QED) is 0.843. The van der Waals surface area contributed by atoms with Crippen molar-refractivity contribution in [1.82, 2.24) is 9.55 Å². The van der Waals surface area contributed by atoms with Crippen molar-refractivity contribution >= 4 is 18.2 Å². The molecule has 0 saturated carbocycles. The normalized spacial score (nSPS) is 10.4. The van der Waals surface area contributed by atoms with E-state index in [1.807, 2.05) is 31.2 Å². The third-order valence-electron chi connectivity index (χ3n) is 2.94. The Labute approximate surface area is 120 Å². The summed E-state index contributed by atoms with van der Waals surface area (Å²) in [5.41, 5.74) is 1.89. The van der Waals surface area contributed by atoms with E-state index < -0.39 is 5.97 Å². The molecule has 0 spiro atoms. The van der Waals surface area contributed by atoms with Gasteiger partial charge in [-0.3, -0.25) is 14.2 Å². The minimum atomic E-state index is -1.05. The number of hydrogen-bond donors (Lipinski definition) is 2. The second kappa shape index (κ2) is 5.83. The van der Waals surface area contributed by atoms with Crippen molar-refractivity contribution in [3.8, 4) is 0 Å². The summed E-state index contributed by atoms with van der Waals surface area (Å²) in [6.45, 7) is 2.30. The monoisotopic (exact) mass is 290 g/mol. The van der Waals surface area contributed by atoms with Crippen molar-refractivity contribution in [2.24, 2.45) is 0 Å². The fourth-order valence-corrected chi connectivity index (χ4v) is 2.07. The summed E-state index contributed by atoms with van der Waals surface area (Å²) >= 11 is 5.10. The molecule has 0 aliphatic rings. The van der Waals surface area contributed by atoms with Crippen molar-refractivity contribution in [3.05, 3.63) is 62.3 Å². The first-order valence-electron chi connectivity index (χ1n) is 6.06. The van der Waals surface area contributed by atoms with Gasteiger partial charge in [0.15, 0.2) is 4.77 Å². The van der Waals surface area contributed by atoms with Gasteiger partial charge in [-0.25, -0.2) is 0 Å². The van der Waals surface area contributed by atoms with Crippen molar-refractivity contribution in [2.75, 3.05) is 0 Å². The molecule has 1 aromatic heterocycles. The molecular weight excluding hydrogens is 276 g/mol. The molecule has 2 aromatic rings. The highest BCUT2D eigenvalue weighted by Crippen LogP contribution is 2.05. The highest BCUT2D eigenvalue weighted by atomic mass is 32.1. The molecule has 6 heteroatoms. The van der Waals surface area contributed by atoms with Gasteiger partial charge in [-0.2, -0.15) is 0 Å². The molecule has 1 heterocycles. The number of carboxylic acid groups (broad SMARTS) is 1. The highest BCUT2D eigenvalue weighted by molar-refractivity contribution is 7.71. The number of nitrogens with zero attached hydrogens (tertiary/aromatic N) is 1. The molecule has 0 aliphatic carbocycles. The van der Waals surface area contributed by atoms with Crippen LogP contribution < -0.4 is 5.56 Å². The molecule has 2 rings (SSSR count). The number of rotatable bonds is 4. The van der Waals surface area contributed by atoms with Crippen molar-refractivity contribution in [3.63, 3.8) is 0 Å². The fourth-order valence-electron chi connectivity index (χ4n) is 1.86. The number of aryl methyl sites for hydroxylation is 1. The van der Waals surface area contributed by atoms with Crippen LogP contribution in [-0.2, 0) is 17.8 Å². The predicted molar refractivity (Wildman–Crippen MR) is 77.5 cm³/mol. The number of nitrogens with one attached hydrogen (secondary N) is 1. The van der Waals surface area contributed by atoms with Gasteiger partial charge in [0.1, 0.15) is 0 Å². The van der Waals surface area contributed by atoms with Crippen molar-refractivity contribution in [1.29, 1.82) is 0 Å². The zero-order chi connectivity index (χ0) is 14.7. The number of carboxylic acids is 1. The van der Waals surface area contributed by atoms with E-state index in [4.69, 9.17) is 17.3 Å². The van der Waals surface area contributed by atoms with Crippen LogP contribution in [0.1, 0.15) is 16.7 Å². The Kier molecular flexibility index (Phi) is 4.14. The first kappa shape index (κ1) is 14.2. The lowest BCUT2D eigenvalue weighted by atomic mass is 10.1. The van der Waals surface area contributed by atoms with Crippen molar-refractivity contribution in [2.45, 2.75) is 19.9 Å². The number of carbonyl (C=O) groups is 1. The van der Waals surface area contributed by atoms with Crippen LogP contribution in [0.25, 0.3) is 0 Å². The largest absolute Gasteiger partial charge is 0.481 e. The Morgan fingerprint density at radius 1 is 1.35 bits per heavy atom. The molecule has 20 heavy (non-hydrogen) atoms. The third-order valence-corrected chi connectivity index (χ3v) is 3.28. The van der Waals surface area contributed by atoms with E-state index in [1.54, 1.807) is 0 Å². The van der Waals surface area contributed by atoms with Crippen LogP contribution in [-0.4, -0.2) is 20.6 Å². The number of benzene rings is 1. The number of aromatic amines is 1. The smallest absolute Gasteiger partial charge is 0.308 e. The maximum atomic E-state index is 12.2. The van der Waals surface area contributed by atoms with Gasteiger partial charge in [0, 0.05) is 11.8 Å². The van der Waals surface area contributed by atoms with Gasteiger partial charge >= 0.3 is 5.97 Å². The summed E-state index contributed by atoms with van der Waals surface area (Å²) in [5, 5.41) is 8.78. The van der Waals surface area contributed by atoms with Gasteiger partial charge in [0.05, 0.1) is 13.0 Å². The average molecular weight is 290 g/mol. The molecule has 0 amide bonds. The minimum absolute atomic E-state index is 0.193. The van der Waals surface area contributed by atoms with E-state index in [2.05, 4.69) is 4.98 Å². The second-order valence-electron chi connectivity index (χ2n) is 4.57. The molecule has 0 unspecified atom stereocenters. The Balaban J connectivity index is 2.40. The molecule has 0 atom stereocenters. The molecule has 0 bridgehead atoms. The van der Waals surface area contributed by atoms with Gasteiger partial charge in [-0.15, -0.1) is 0 Å². The average Bonchev–Trinajstić information content (AvgIpc) is 2.40. The standard InChI is InChI=1S/C14H14N2O3S/c1-9-2-4-10(5-3-9)8-16-13(19)11(6-12(17)18)7-15-14(16)20/h2-5,7H,6,8H2,1H3,(H,15,20)(H,17,18). The fraction of sp³-hybridized carbons (Fsp3) is 0.214. The zero-order valence-electron chi connectivity index (χ0n) is 10.9. The molecular formula is C14H14N2O3S. The molecule has 0 aliphatic heterocycles. The van der Waals surface area contributed by atoms with Crippen LogP contribution in [0.4, 0.5) is 0 Å². The Morgan fingerprint density at radius 2 is 2.00 bits per heavy atom. The number of aromatic nitrogens is 2. The lowest BCUT2D eigenvalue weighted by Gasteiger charge is -2.08. The summed E-state index contributed by atoms with van der Waals surface area (Å²) in [6, 6.07) is 7.74. The first-order valence-corrected chi connectivity index (χ1v) is 6.47. The van der Waals surface area contributed by atoms with E-state index >= 15 is 0 Å². The lowest BCUT2D eigenvalue weighted by Crippen LogP contribution is -2.27. The molecule has 1 aromatic carbocycles.